The Morgan fingerprint density at radius 1 is 0.730 bits per heavy atom. The van der Waals surface area contributed by atoms with Gasteiger partial charge in [-0.1, -0.05) is 99.6 Å². The highest BCUT2D eigenvalue weighted by Crippen LogP contribution is 2.38. The van der Waals surface area contributed by atoms with Crippen LogP contribution in [0.5, 0.6) is 5.75 Å². The number of para-hydroxylation sites is 1. The van der Waals surface area contributed by atoms with Crippen LogP contribution >= 0.6 is 0 Å². The lowest BCUT2D eigenvalue weighted by Crippen LogP contribution is -2.68. The zero-order valence-corrected chi connectivity index (χ0v) is 23.3. The third kappa shape index (κ3) is 4.65. The third-order valence-corrected chi connectivity index (χ3v) is 12.1. The van der Waals surface area contributed by atoms with Crippen molar-refractivity contribution in [3.8, 4) is 5.75 Å². The maximum Gasteiger partial charge on any atom is 0.319 e. The highest BCUT2D eigenvalue weighted by molar-refractivity contribution is 7.00. The second-order valence-corrected chi connectivity index (χ2v) is 14.8. The molecule has 0 radical (unpaired) electrons. The van der Waals surface area contributed by atoms with Gasteiger partial charge in [-0.15, -0.1) is 0 Å². The van der Waals surface area contributed by atoms with E-state index < -0.39 is 8.32 Å². The zero-order valence-electron chi connectivity index (χ0n) is 22.3. The molecule has 0 atom stereocenters. The van der Waals surface area contributed by atoms with E-state index >= 15 is 0 Å². The van der Waals surface area contributed by atoms with Crippen LogP contribution in [0.25, 0.3) is 10.9 Å². The number of benzene rings is 4. The van der Waals surface area contributed by atoms with E-state index in [0.29, 0.717) is 0 Å². The average molecular weight is 503 g/mol. The Hall–Kier alpha value is -3.89. The summed E-state index contributed by atoms with van der Waals surface area (Å²) in [6.45, 7) is 8.96. The molecule has 1 aromatic heterocycles. The quantitative estimate of drug-likeness (QED) is 0.177. The number of hydrogen-bond donors (Lipinski definition) is 0. The number of aliphatic imine (C=N–C) groups is 1. The molecule has 4 aromatic carbocycles. The van der Waals surface area contributed by atoms with Gasteiger partial charge in [0, 0.05) is 18.0 Å². The second-order valence-electron chi connectivity index (χ2n) is 10.6. The lowest BCUT2D eigenvalue weighted by atomic mass is 10.2. The summed E-state index contributed by atoms with van der Waals surface area (Å²) in [5.41, 5.74) is 4.23. The minimum absolute atomic E-state index is 0.0857. The van der Waals surface area contributed by atoms with Crippen molar-refractivity contribution in [3.63, 3.8) is 0 Å². The van der Waals surface area contributed by atoms with Crippen LogP contribution in [0.1, 0.15) is 33.4 Å². The molecule has 0 fully saturated rings. The van der Waals surface area contributed by atoms with Gasteiger partial charge in [-0.25, -0.2) is 0 Å². The largest absolute Gasteiger partial charge is 0.534 e. The SMILES string of the molecule is C/C(=N\c1ccc(O[Si](c2ccccc2)(c2ccccc2)C(C)(C)C)cc1)c1cc2ccccc2n1C. The second kappa shape index (κ2) is 9.87. The fourth-order valence-corrected chi connectivity index (χ4v) is 9.72. The molecule has 3 nitrogen and oxygen atoms in total. The topological polar surface area (TPSA) is 26.5 Å². The third-order valence-electron chi connectivity index (χ3n) is 7.14. The first-order valence-electron chi connectivity index (χ1n) is 12.8. The Morgan fingerprint density at radius 3 is 1.81 bits per heavy atom. The molecule has 0 aliphatic heterocycles. The van der Waals surface area contributed by atoms with Gasteiger partial charge in [-0.2, -0.15) is 0 Å². The summed E-state index contributed by atoms with van der Waals surface area (Å²) >= 11 is 0. The molecule has 0 amide bonds. The number of nitrogens with zero attached hydrogens (tertiary/aromatic N) is 2. The van der Waals surface area contributed by atoms with Gasteiger partial charge in [0.1, 0.15) is 5.75 Å². The molecule has 0 spiro atoms. The summed E-state index contributed by atoms with van der Waals surface area (Å²) in [6, 6.07) is 40.3. The van der Waals surface area contributed by atoms with Crippen molar-refractivity contribution in [2.75, 3.05) is 0 Å². The first-order chi connectivity index (χ1) is 17.8. The van der Waals surface area contributed by atoms with E-state index in [-0.39, 0.29) is 5.04 Å². The monoisotopic (exact) mass is 502 g/mol. The molecule has 0 N–H and O–H groups in total. The average Bonchev–Trinajstić information content (AvgIpc) is 3.25. The van der Waals surface area contributed by atoms with Crippen LogP contribution in [0, 0.1) is 0 Å². The van der Waals surface area contributed by atoms with Crippen molar-refractivity contribution in [3.05, 3.63) is 121 Å². The summed E-state index contributed by atoms with van der Waals surface area (Å²) in [5.74, 6) is 0.871. The number of rotatable bonds is 6. The van der Waals surface area contributed by atoms with Crippen molar-refractivity contribution in [2.45, 2.75) is 32.7 Å². The Kier molecular flexibility index (Phi) is 6.61. The van der Waals surface area contributed by atoms with Gasteiger partial charge in [0.15, 0.2) is 0 Å². The smallest absolute Gasteiger partial charge is 0.319 e. The summed E-state index contributed by atoms with van der Waals surface area (Å²) in [7, 11) is -0.563. The summed E-state index contributed by atoms with van der Waals surface area (Å²) in [5, 5.41) is 3.67. The van der Waals surface area contributed by atoms with Crippen LogP contribution in [-0.4, -0.2) is 18.6 Å². The summed E-state index contributed by atoms with van der Waals surface area (Å²) in [4.78, 5) is 4.94. The zero-order chi connectivity index (χ0) is 26.0. The standard InChI is InChI=1S/C33H34N2OSi/c1-25(32-24-26-14-12-13-19-31(26)35(32)5)34-27-20-22-28(23-21-27)36-37(33(2,3)4,29-15-8-6-9-16-29)30-17-10-7-11-18-30/h6-24H,1-5H3/b34-25+. The summed E-state index contributed by atoms with van der Waals surface area (Å²) in [6.07, 6.45) is 0. The normalized spacial score (nSPS) is 12.6. The van der Waals surface area contributed by atoms with Crippen molar-refractivity contribution in [1.29, 1.82) is 0 Å². The number of fused-ring (bicyclic) bond motifs is 1. The molecule has 0 saturated heterocycles. The predicted molar refractivity (Wildman–Crippen MR) is 159 cm³/mol. The fourth-order valence-electron chi connectivity index (χ4n) is 5.30. The van der Waals surface area contributed by atoms with Crippen molar-refractivity contribution >= 4 is 41.0 Å². The fraction of sp³-hybridized carbons (Fsp3) is 0.182. The van der Waals surface area contributed by atoms with Crippen LogP contribution in [0.15, 0.2) is 120 Å². The molecule has 1 heterocycles. The van der Waals surface area contributed by atoms with Crippen LogP contribution in [0.3, 0.4) is 0 Å². The maximum atomic E-state index is 7.13. The number of hydrogen-bond acceptors (Lipinski definition) is 2. The van der Waals surface area contributed by atoms with Crippen molar-refractivity contribution in [2.24, 2.45) is 12.0 Å². The molecule has 186 valence electrons. The van der Waals surface area contributed by atoms with Gasteiger partial charge < -0.3 is 8.99 Å². The van der Waals surface area contributed by atoms with Crippen LogP contribution in [0.4, 0.5) is 5.69 Å². The van der Waals surface area contributed by atoms with Crippen molar-refractivity contribution in [1.82, 2.24) is 4.57 Å². The van der Waals surface area contributed by atoms with Crippen LogP contribution in [0.2, 0.25) is 5.04 Å². The Bertz CT molecular complexity index is 1490. The van der Waals surface area contributed by atoms with E-state index in [1.807, 2.05) is 0 Å². The van der Waals surface area contributed by atoms with Gasteiger partial charge in [-0.05, 0) is 58.7 Å². The molecule has 0 aliphatic rings. The van der Waals surface area contributed by atoms with E-state index in [1.54, 1.807) is 0 Å². The highest BCUT2D eigenvalue weighted by atomic mass is 28.4. The van der Waals surface area contributed by atoms with E-state index in [4.69, 9.17) is 9.42 Å². The summed E-state index contributed by atoms with van der Waals surface area (Å²) < 4.78 is 9.33. The lowest BCUT2D eigenvalue weighted by Gasteiger charge is -2.43. The molecule has 5 rings (SSSR count). The minimum atomic E-state index is -2.66. The molecule has 4 heteroatoms. The number of aryl methyl sites for hydroxylation is 1. The van der Waals surface area contributed by atoms with Gasteiger partial charge in [0.25, 0.3) is 0 Å². The molecule has 0 saturated carbocycles. The molecular formula is C33H34N2OSi. The van der Waals surface area contributed by atoms with Gasteiger partial charge >= 0.3 is 8.32 Å². The van der Waals surface area contributed by atoms with E-state index in [0.717, 1.165) is 22.8 Å². The maximum absolute atomic E-state index is 7.13. The van der Waals surface area contributed by atoms with Crippen LogP contribution in [-0.2, 0) is 7.05 Å². The first kappa shape index (κ1) is 24.8. The van der Waals surface area contributed by atoms with E-state index in [1.165, 1.54) is 21.3 Å². The molecule has 5 aromatic rings. The Morgan fingerprint density at radius 2 is 1.27 bits per heavy atom. The minimum Gasteiger partial charge on any atom is -0.534 e. The van der Waals surface area contributed by atoms with E-state index in [9.17, 15) is 0 Å². The number of aromatic nitrogens is 1. The predicted octanol–water partition coefficient (Wildman–Crippen LogP) is 7.26. The first-order valence-corrected chi connectivity index (χ1v) is 14.7. The Balaban J connectivity index is 1.51. The highest BCUT2D eigenvalue weighted by Gasteiger charge is 2.52. The van der Waals surface area contributed by atoms with E-state index in [2.05, 4.69) is 155 Å². The molecule has 0 unspecified atom stereocenters. The Labute approximate surface area is 221 Å². The lowest BCUT2D eigenvalue weighted by molar-refractivity contribution is 0.508. The van der Waals surface area contributed by atoms with Crippen molar-refractivity contribution < 1.29 is 4.43 Å². The van der Waals surface area contributed by atoms with Gasteiger partial charge in [-0.3, -0.25) is 4.99 Å². The van der Waals surface area contributed by atoms with Gasteiger partial charge in [0.2, 0.25) is 0 Å². The van der Waals surface area contributed by atoms with Crippen LogP contribution < -0.4 is 14.8 Å². The van der Waals surface area contributed by atoms with Gasteiger partial charge in [0.05, 0.1) is 17.1 Å². The molecular weight excluding hydrogens is 468 g/mol. The molecule has 0 bridgehead atoms. The molecule has 0 aliphatic carbocycles. The molecule has 37 heavy (non-hydrogen) atoms.